The fourth-order valence-corrected chi connectivity index (χ4v) is 4.34. The monoisotopic (exact) mass is 414 g/mol. The number of carbonyl (C=O) groups is 1. The molecule has 0 radical (unpaired) electrons. The van der Waals surface area contributed by atoms with Crippen molar-refractivity contribution in [2.45, 2.75) is 25.8 Å². The zero-order chi connectivity index (χ0) is 18.1. The Morgan fingerprint density at radius 3 is 2.42 bits per heavy atom. The zero-order valence-electron chi connectivity index (χ0n) is 12.9. The summed E-state index contributed by atoms with van der Waals surface area (Å²) in [6.07, 6.45) is 0.940. The number of benzene rings is 1. The van der Waals surface area contributed by atoms with Crippen LogP contribution in [0.4, 0.5) is 0 Å². The highest BCUT2D eigenvalue weighted by atomic mass is 35.5. The van der Waals surface area contributed by atoms with E-state index in [4.69, 9.17) is 34.8 Å². The normalized spacial score (nSPS) is 17.0. The van der Waals surface area contributed by atoms with Crippen LogP contribution in [-0.2, 0) is 10.0 Å². The summed E-state index contributed by atoms with van der Waals surface area (Å²) in [5.41, 5.74) is -0.183. The Bertz CT molecular complexity index is 721. The van der Waals surface area contributed by atoms with Crippen molar-refractivity contribution in [3.05, 3.63) is 26.7 Å². The Kier molecular flexibility index (Phi) is 6.25. The highest BCUT2D eigenvalue weighted by Gasteiger charge is 2.29. The van der Waals surface area contributed by atoms with Crippen LogP contribution in [0.25, 0.3) is 0 Å². The number of sulfonamides is 1. The van der Waals surface area contributed by atoms with E-state index in [-0.39, 0.29) is 32.4 Å². The maximum atomic E-state index is 12.4. The second-order valence-electron chi connectivity index (χ2n) is 5.43. The Hall–Kier alpha value is -0.730. The molecule has 0 saturated carbocycles. The average Bonchev–Trinajstić information content (AvgIpc) is 2.54. The molecule has 1 aliphatic rings. The number of halogens is 3. The van der Waals surface area contributed by atoms with Crippen LogP contribution in [0, 0.1) is 0 Å². The number of hydrogen-bond donors (Lipinski definition) is 2. The number of aromatic hydroxyl groups is 1. The summed E-state index contributed by atoms with van der Waals surface area (Å²) in [4.78, 5) is 12.4. The molecule has 6 nitrogen and oxygen atoms in total. The van der Waals surface area contributed by atoms with E-state index in [2.05, 4.69) is 5.32 Å². The minimum absolute atomic E-state index is 0.0501. The minimum atomic E-state index is -3.23. The van der Waals surface area contributed by atoms with Crippen LogP contribution in [0.2, 0.25) is 15.1 Å². The first kappa shape index (κ1) is 19.6. The van der Waals surface area contributed by atoms with E-state index in [1.165, 1.54) is 10.4 Å². The van der Waals surface area contributed by atoms with E-state index in [0.29, 0.717) is 25.9 Å². The number of carbonyl (C=O) groups excluding carboxylic acids is 1. The fraction of sp³-hybridized carbons (Fsp3) is 0.500. The first-order valence-electron chi connectivity index (χ1n) is 7.32. The summed E-state index contributed by atoms with van der Waals surface area (Å²) < 4.78 is 25.1. The lowest BCUT2D eigenvalue weighted by Crippen LogP contribution is -2.46. The molecule has 0 unspecified atom stereocenters. The van der Waals surface area contributed by atoms with E-state index in [1.807, 2.05) is 0 Å². The van der Waals surface area contributed by atoms with E-state index in [0.717, 1.165) is 0 Å². The Morgan fingerprint density at radius 2 is 1.88 bits per heavy atom. The third-order valence-electron chi connectivity index (χ3n) is 3.92. The quantitative estimate of drug-likeness (QED) is 0.740. The van der Waals surface area contributed by atoms with Crippen molar-refractivity contribution in [1.29, 1.82) is 0 Å². The van der Waals surface area contributed by atoms with Gasteiger partial charge in [0.05, 0.1) is 20.8 Å². The van der Waals surface area contributed by atoms with Gasteiger partial charge in [-0.05, 0) is 25.8 Å². The number of amides is 1. The first-order valence-corrected chi connectivity index (χ1v) is 10.1. The van der Waals surface area contributed by atoms with Crippen LogP contribution < -0.4 is 5.32 Å². The molecule has 1 amide bonds. The molecule has 1 heterocycles. The van der Waals surface area contributed by atoms with E-state index < -0.39 is 21.7 Å². The Labute approximate surface area is 155 Å². The van der Waals surface area contributed by atoms with Crippen LogP contribution in [0.5, 0.6) is 5.75 Å². The number of rotatable bonds is 4. The largest absolute Gasteiger partial charge is 0.505 e. The van der Waals surface area contributed by atoms with E-state index >= 15 is 0 Å². The predicted molar refractivity (Wildman–Crippen MR) is 94.7 cm³/mol. The molecular formula is C14H17Cl3N2O4S. The molecule has 1 saturated heterocycles. The third-order valence-corrected chi connectivity index (χ3v) is 6.88. The summed E-state index contributed by atoms with van der Waals surface area (Å²) in [7, 11) is -3.23. The molecule has 1 fully saturated rings. The smallest absolute Gasteiger partial charge is 0.256 e. The van der Waals surface area contributed by atoms with Gasteiger partial charge in [-0.2, -0.15) is 0 Å². The second kappa shape index (κ2) is 7.66. The van der Waals surface area contributed by atoms with Crippen LogP contribution in [0.3, 0.4) is 0 Å². The molecule has 24 heavy (non-hydrogen) atoms. The fourth-order valence-electron chi connectivity index (χ4n) is 2.51. The van der Waals surface area contributed by atoms with Crippen molar-refractivity contribution in [1.82, 2.24) is 9.62 Å². The SMILES string of the molecule is CCS(=O)(=O)N1CCC(NC(=O)c2c(O)c(Cl)cc(Cl)c2Cl)CC1. The van der Waals surface area contributed by atoms with Gasteiger partial charge in [-0.3, -0.25) is 4.79 Å². The van der Waals surface area contributed by atoms with Gasteiger partial charge in [0.25, 0.3) is 5.91 Å². The van der Waals surface area contributed by atoms with Gasteiger partial charge in [0.2, 0.25) is 10.0 Å². The summed E-state index contributed by atoms with van der Waals surface area (Å²) in [5, 5.41) is 12.6. The maximum absolute atomic E-state index is 12.4. The maximum Gasteiger partial charge on any atom is 0.256 e. The molecule has 1 aromatic rings. The number of phenolic OH excluding ortho intramolecular Hbond substituents is 1. The molecule has 0 aliphatic carbocycles. The highest BCUT2D eigenvalue weighted by Crippen LogP contribution is 2.38. The van der Waals surface area contributed by atoms with E-state index in [1.54, 1.807) is 6.92 Å². The minimum Gasteiger partial charge on any atom is -0.505 e. The molecule has 0 spiro atoms. The standard InChI is InChI=1S/C14H17Cl3N2O4S/c1-2-24(22,23)19-5-3-8(4-6-19)18-14(21)11-12(17)9(15)7-10(16)13(11)20/h7-8,20H,2-6H2,1H3,(H,18,21). The molecule has 1 aromatic carbocycles. The van der Waals surface area contributed by atoms with Gasteiger partial charge in [-0.25, -0.2) is 12.7 Å². The van der Waals surface area contributed by atoms with Crippen molar-refractivity contribution in [3.63, 3.8) is 0 Å². The lowest BCUT2D eigenvalue weighted by Gasteiger charge is -2.31. The molecular weight excluding hydrogens is 399 g/mol. The van der Waals surface area contributed by atoms with Crippen LogP contribution >= 0.6 is 34.8 Å². The first-order chi connectivity index (χ1) is 11.2. The predicted octanol–water partition coefficient (Wildman–Crippen LogP) is 2.90. The molecule has 1 aliphatic heterocycles. The Morgan fingerprint density at radius 1 is 1.29 bits per heavy atom. The lowest BCUT2D eigenvalue weighted by atomic mass is 10.1. The van der Waals surface area contributed by atoms with Crippen molar-refractivity contribution in [2.24, 2.45) is 0 Å². The highest BCUT2D eigenvalue weighted by molar-refractivity contribution is 7.89. The molecule has 0 atom stereocenters. The van der Waals surface area contributed by atoms with Gasteiger partial charge in [0.1, 0.15) is 11.3 Å². The van der Waals surface area contributed by atoms with Gasteiger partial charge < -0.3 is 10.4 Å². The van der Waals surface area contributed by atoms with Gasteiger partial charge in [-0.1, -0.05) is 34.8 Å². The molecule has 134 valence electrons. The topological polar surface area (TPSA) is 86.7 Å². The molecule has 10 heteroatoms. The second-order valence-corrected chi connectivity index (χ2v) is 8.88. The Balaban J connectivity index is 2.08. The van der Waals surface area contributed by atoms with Crippen LogP contribution in [0.1, 0.15) is 30.1 Å². The lowest BCUT2D eigenvalue weighted by molar-refractivity contribution is 0.0921. The number of nitrogens with one attached hydrogen (secondary N) is 1. The summed E-state index contributed by atoms with van der Waals surface area (Å²) in [6, 6.07) is 1.03. The van der Waals surface area contributed by atoms with Gasteiger partial charge in [0, 0.05) is 19.1 Å². The van der Waals surface area contributed by atoms with Crippen molar-refractivity contribution >= 4 is 50.7 Å². The summed E-state index contributed by atoms with van der Waals surface area (Å²) in [6.45, 7) is 2.26. The number of phenols is 1. The summed E-state index contributed by atoms with van der Waals surface area (Å²) >= 11 is 17.7. The van der Waals surface area contributed by atoms with Crippen LogP contribution in [-0.4, -0.2) is 48.6 Å². The summed E-state index contributed by atoms with van der Waals surface area (Å²) in [5.74, 6) is -0.984. The van der Waals surface area contributed by atoms with Gasteiger partial charge in [-0.15, -0.1) is 0 Å². The molecule has 2 rings (SSSR count). The third kappa shape index (κ3) is 4.08. The van der Waals surface area contributed by atoms with Crippen LogP contribution in [0.15, 0.2) is 6.07 Å². The molecule has 2 N–H and O–H groups in total. The number of piperidine rings is 1. The van der Waals surface area contributed by atoms with Crippen molar-refractivity contribution in [2.75, 3.05) is 18.8 Å². The zero-order valence-corrected chi connectivity index (χ0v) is 15.9. The number of nitrogens with zero attached hydrogens (tertiary/aromatic N) is 1. The van der Waals surface area contributed by atoms with Gasteiger partial charge >= 0.3 is 0 Å². The van der Waals surface area contributed by atoms with Gasteiger partial charge in [0.15, 0.2) is 0 Å². The molecule has 0 bridgehead atoms. The average molecular weight is 416 g/mol. The van der Waals surface area contributed by atoms with Crippen molar-refractivity contribution in [3.8, 4) is 5.75 Å². The molecule has 0 aromatic heterocycles. The van der Waals surface area contributed by atoms with E-state index in [9.17, 15) is 18.3 Å². The number of hydrogen-bond acceptors (Lipinski definition) is 4. The van der Waals surface area contributed by atoms with Crippen molar-refractivity contribution < 1.29 is 18.3 Å².